The molecule has 3 heterocycles. The smallest absolute Gasteiger partial charge is 0.287 e. The molecule has 0 bridgehead atoms. The molecule has 1 amide bonds. The molecule has 2 aromatic carbocycles. The number of imidazole rings is 1. The quantitative estimate of drug-likeness (QED) is 0.422. The fraction of sp³-hybridized carbons (Fsp3) is 0.0909. The number of nitrogens with one attached hydrogen (secondary N) is 3. The van der Waals surface area contributed by atoms with Gasteiger partial charge >= 0.3 is 0 Å². The van der Waals surface area contributed by atoms with Crippen molar-refractivity contribution in [2.24, 2.45) is 0 Å². The molecule has 0 aliphatic rings. The van der Waals surface area contributed by atoms with Crippen molar-refractivity contribution in [2.75, 3.05) is 0 Å². The number of fused-ring (bicyclic) bond motifs is 2. The fourth-order valence-electron chi connectivity index (χ4n) is 3.46. The highest BCUT2D eigenvalue weighted by atomic mass is 19.1. The maximum atomic E-state index is 13.1. The standard InChI is InChI=1S/C22H17FN6O/c1-12(13-2-4-15(23)5-3-13)25-22(30)21-26-18-10-16-17(11-19(18)27-21)28-29-20(16)14-6-8-24-9-7-14/h2-12H,1H3,(H,25,30)(H,26,27)(H,28,29)/t12-/m1/s1. The average molecular weight is 400 g/mol. The van der Waals surface area contributed by atoms with E-state index < -0.39 is 0 Å². The molecule has 3 aromatic heterocycles. The third-order valence-corrected chi connectivity index (χ3v) is 5.05. The van der Waals surface area contributed by atoms with Crippen molar-refractivity contribution in [1.82, 2.24) is 30.5 Å². The molecule has 0 spiro atoms. The molecule has 7 nitrogen and oxygen atoms in total. The summed E-state index contributed by atoms with van der Waals surface area (Å²) >= 11 is 0. The molecule has 0 saturated heterocycles. The number of amides is 1. The highest BCUT2D eigenvalue weighted by molar-refractivity contribution is 6.02. The Morgan fingerprint density at radius 3 is 2.60 bits per heavy atom. The number of hydrogen-bond acceptors (Lipinski definition) is 4. The lowest BCUT2D eigenvalue weighted by atomic mass is 10.1. The highest BCUT2D eigenvalue weighted by Crippen LogP contribution is 2.29. The van der Waals surface area contributed by atoms with Crippen molar-refractivity contribution >= 4 is 27.8 Å². The van der Waals surface area contributed by atoms with Crippen LogP contribution >= 0.6 is 0 Å². The number of carbonyl (C=O) groups is 1. The minimum absolute atomic E-state index is 0.213. The molecular formula is C22H17FN6O. The van der Waals surface area contributed by atoms with Crippen LogP contribution in [0.4, 0.5) is 4.39 Å². The zero-order valence-corrected chi connectivity index (χ0v) is 16.0. The SMILES string of the molecule is C[C@@H](NC(=O)c1nc2cc3c(-c4ccncc4)n[nH]c3cc2[nH]1)c1ccc(F)cc1. The summed E-state index contributed by atoms with van der Waals surface area (Å²) in [5.41, 5.74) is 4.78. The molecule has 0 radical (unpaired) electrons. The van der Waals surface area contributed by atoms with Crippen LogP contribution in [0.15, 0.2) is 60.9 Å². The number of aromatic nitrogens is 5. The maximum Gasteiger partial charge on any atom is 0.287 e. The number of hydrogen-bond donors (Lipinski definition) is 3. The van der Waals surface area contributed by atoms with Crippen molar-refractivity contribution in [2.45, 2.75) is 13.0 Å². The van der Waals surface area contributed by atoms with Crippen molar-refractivity contribution in [3.63, 3.8) is 0 Å². The molecule has 3 N–H and O–H groups in total. The van der Waals surface area contributed by atoms with E-state index in [2.05, 4.69) is 30.5 Å². The molecule has 0 fully saturated rings. The van der Waals surface area contributed by atoms with Crippen LogP contribution in [0.2, 0.25) is 0 Å². The summed E-state index contributed by atoms with van der Waals surface area (Å²) in [5, 5.41) is 11.2. The van der Waals surface area contributed by atoms with E-state index in [1.54, 1.807) is 24.5 Å². The Morgan fingerprint density at radius 2 is 1.83 bits per heavy atom. The van der Waals surface area contributed by atoms with E-state index in [-0.39, 0.29) is 23.6 Å². The molecule has 5 rings (SSSR count). The lowest BCUT2D eigenvalue weighted by Gasteiger charge is -2.13. The second-order valence-corrected chi connectivity index (χ2v) is 7.06. The Morgan fingerprint density at radius 1 is 1.07 bits per heavy atom. The number of benzene rings is 2. The Labute approximate surface area is 170 Å². The molecule has 0 saturated carbocycles. The first-order valence-corrected chi connectivity index (χ1v) is 9.43. The summed E-state index contributed by atoms with van der Waals surface area (Å²) in [6.45, 7) is 1.84. The highest BCUT2D eigenvalue weighted by Gasteiger charge is 2.17. The van der Waals surface area contributed by atoms with Crippen molar-refractivity contribution in [3.8, 4) is 11.3 Å². The van der Waals surface area contributed by atoms with Gasteiger partial charge in [-0.1, -0.05) is 12.1 Å². The van der Waals surface area contributed by atoms with Gasteiger partial charge in [0, 0.05) is 23.3 Å². The summed E-state index contributed by atoms with van der Waals surface area (Å²) in [4.78, 5) is 24.2. The van der Waals surface area contributed by atoms with Crippen LogP contribution in [0.5, 0.6) is 0 Å². The number of rotatable bonds is 4. The fourth-order valence-corrected chi connectivity index (χ4v) is 3.46. The van der Waals surface area contributed by atoms with Gasteiger partial charge in [-0.25, -0.2) is 9.37 Å². The predicted molar refractivity (Wildman–Crippen MR) is 111 cm³/mol. The van der Waals surface area contributed by atoms with Gasteiger partial charge in [0.15, 0.2) is 5.82 Å². The predicted octanol–water partition coefficient (Wildman–Crippen LogP) is 4.13. The van der Waals surface area contributed by atoms with Gasteiger partial charge < -0.3 is 10.3 Å². The molecule has 0 aliphatic heterocycles. The van der Waals surface area contributed by atoms with Crippen molar-refractivity contribution in [1.29, 1.82) is 0 Å². The van der Waals surface area contributed by atoms with E-state index in [0.717, 1.165) is 33.2 Å². The summed E-state index contributed by atoms with van der Waals surface area (Å²) in [6.07, 6.45) is 3.43. The number of pyridine rings is 1. The van der Waals surface area contributed by atoms with Gasteiger partial charge in [-0.2, -0.15) is 5.10 Å². The van der Waals surface area contributed by atoms with Crippen LogP contribution in [-0.4, -0.2) is 31.1 Å². The van der Waals surface area contributed by atoms with Crippen LogP contribution in [0.3, 0.4) is 0 Å². The first kappa shape index (κ1) is 18.0. The Balaban J connectivity index is 1.45. The third-order valence-electron chi connectivity index (χ3n) is 5.05. The largest absolute Gasteiger partial charge is 0.343 e. The molecule has 0 unspecified atom stereocenters. The monoisotopic (exact) mass is 400 g/mol. The van der Waals surface area contributed by atoms with Crippen LogP contribution in [0.25, 0.3) is 33.2 Å². The molecule has 8 heteroatoms. The van der Waals surface area contributed by atoms with Crippen LogP contribution in [0.1, 0.15) is 29.1 Å². The molecule has 5 aromatic rings. The van der Waals surface area contributed by atoms with Gasteiger partial charge in [0.05, 0.1) is 22.6 Å². The first-order chi connectivity index (χ1) is 14.6. The number of H-pyrrole nitrogens is 2. The maximum absolute atomic E-state index is 13.1. The normalized spacial score (nSPS) is 12.3. The van der Waals surface area contributed by atoms with Gasteiger partial charge in [0.25, 0.3) is 5.91 Å². The van der Waals surface area contributed by atoms with Crippen molar-refractivity contribution < 1.29 is 9.18 Å². The topological polar surface area (TPSA) is 99.3 Å². The Hall–Kier alpha value is -4.07. The third kappa shape index (κ3) is 3.18. The first-order valence-electron chi connectivity index (χ1n) is 9.43. The molecule has 0 aliphatic carbocycles. The Bertz CT molecular complexity index is 1360. The zero-order chi connectivity index (χ0) is 20.7. The molecule has 148 valence electrons. The molecular weight excluding hydrogens is 383 g/mol. The summed E-state index contributed by atoms with van der Waals surface area (Å²) in [6, 6.07) is 13.3. The lowest BCUT2D eigenvalue weighted by molar-refractivity contribution is 0.0930. The van der Waals surface area contributed by atoms with E-state index in [1.165, 1.54) is 12.1 Å². The van der Waals surface area contributed by atoms with Gasteiger partial charge in [-0.05, 0) is 48.9 Å². The summed E-state index contributed by atoms with van der Waals surface area (Å²) in [7, 11) is 0. The summed E-state index contributed by atoms with van der Waals surface area (Å²) < 4.78 is 13.1. The Kier molecular flexibility index (Phi) is 4.24. The number of aromatic amines is 2. The van der Waals surface area contributed by atoms with Gasteiger partial charge in [-0.3, -0.25) is 14.9 Å². The van der Waals surface area contributed by atoms with E-state index in [4.69, 9.17) is 0 Å². The summed E-state index contributed by atoms with van der Waals surface area (Å²) in [5.74, 6) is -0.435. The van der Waals surface area contributed by atoms with Crippen LogP contribution in [-0.2, 0) is 0 Å². The van der Waals surface area contributed by atoms with Crippen LogP contribution in [0, 0.1) is 5.82 Å². The van der Waals surface area contributed by atoms with E-state index in [9.17, 15) is 9.18 Å². The average Bonchev–Trinajstić information content (AvgIpc) is 3.36. The zero-order valence-electron chi connectivity index (χ0n) is 16.0. The van der Waals surface area contributed by atoms with Crippen molar-refractivity contribution in [3.05, 3.63) is 78.1 Å². The molecule has 30 heavy (non-hydrogen) atoms. The number of halogens is 1. The van der Waals surface area contributed by atoms with E-state index in [1.807, 2.05) is 31.2 Å². The van der Waals surface area contributed by atoms with E-state index in [0.29, 0.717) is 5.52 Å². The minimum Gasteiger partial charge on any atom is -0.343 e. The lowest BCUT2D eigenvalue weighted by Crippen LogP contribution is -2.27. The number of nitrogens with zero attached hydrogens (tertiary/aromatic N) is 3. The van der Waals surface area contributed by atoms with Crippen LogP contribution < -0.4 is 5.32 Å². The number of carbonyl (C=O) groups excluding carboxylic acids is 1. The molecule has 1 atom stereocenters. The second-order valence-electron chi connectivity index (χ2n) is 7.06. The van der Waals surface area contributed by atoms with E-state index >= 15 is 0 Å². The van der Waals surface area contributed by atoms with Gasteiger partial charge in [-0.15, -0.1) is 0 Å². The van der Waals surface area contributed by atoms with Gasteiger partial charge in [0.1, 0.15) is 11.5 Å². The van der Waals surface area contributed by atoms with Gasteiger partial charge in [0.2, 0.25) is 0 Å². The second kappa shape index (κ2) is 7.07. The minimum atomic E-state index is -0.334.